The molecule has 0 aromatic heterocycles. The molecule has 0 fully saturated rings. The maximum absolute atomic E-state index is 12.1. The van der Waals surface area contributed by atoms with Gasteiger partial charge in [-0.3, -0.25) is 4.79 Å². The zero-order chi connectivity index (χ0) is 12.5. The highest BCUT2D eigenvalue weighted by Crippen LogP contribution is 2.36. The molecule has 2 heteroatoms. The maximum atomic E-state index is 12.1. The molecule has 0 aliphatic carbocycles. The molecule has 1 aliphatic rings. The first-order valence-corrected chi connectivity index (χ1v) is 6.20. The lowest BCUT2D eigenvalue weighted by Crippen LogP contribution is -2.14. The summed E-state index contributed by atoms with van der Waals surface area (Å²) in [7, 11) is 0. The lowest BCUT2D eigenvalue weighted by molar-refractivity contribution is -0.117. The summed E-state index contributed by atoms with van der Waals surface area (Å²) in [5.41, 5.74) is 4.47. The average molecular weight is 237 g/mol. The molecule has 1 aliphatic heterocycles. The summed E-state index contributed by atoms with van der Waals surface area (Å²) in [5, 5.41) is 3.00. The Balaban J connectivity index is 1.95. The van der Waals surface area contributed by atoms with E-state index in [-0.39, 0.29) is 11.8 Å². The number of amides is 1. The summed E-state index contributed by atoms with van der Waals surface area (Å²) in [4.78, 5) is 12.1. The Morgan fingerprint density at radius 1 is 1.06 bits per heavy atom. The van der Waals surface area contributed by atoms with Crippen LogP contribution in [0.3, 0.4) is 0 Å². The largest absolute Gasteiger partial charge is 0.325 e. The molecule has 0 unspecified atom stereocenters. The summed E-state index contributed by atoms with van der Waals surface area (Å²) < 4.78 is 0. The van der Waals surface area contributed by atoms with Crippen molar-refractivity contribution in [3.05, 3.63) is 65.2 Å². The molecule has 1 amide bonds. The van der Waals surface area contributed by atoms with Gasteiger partial charge in [0.1, 0.15) is 0 Å². The fraction of sp³-hybridized carbons (Fsp3) is 0.188. The van der Waals surface area contributed by atoms with Crippen LogP contribution in [0.4, 0.5) is 5.69 Å². The molecule has 1 atom stereocenters. The Morgan fingerprint density at radius 3 is 2.61 bits per heavy atom. The summed E-state index contributed by atoms with van der Waals surface area (Å²) in [6, 6.07) is 16.3. The van der Waals surface area contributed by atoms with Crippen molar-refractivity contribution in [2.45, 2.75) is 19.3 Å². The van der Waals surface area contributed by atoms with Crippen LogP contribution in [0.25, 0.3) is 0 Å². The van der Waals surface area contributed by atoms with Gasteiger partial charge in [0, 0.05) is 5.69 Å². The van der Waals surface area contributed by atoms with Gasteiger partial charge in [0.15, 0.2) is 0 Å². The van der Waals surface area contributed by atoms with E-state index in [1.54, 1.807) is 0 Å². The minimum atomic E-state index is -0.0534. The molecule has 1 heterocycles. The Bertz CT molecular complexity index is 589. The van der Waals surface area contributed by atoms with Crippen molar-refractivity contribution in [1.82, 2.24) is 0 Å². The molecule has 0 saturated heterocycles. The first-order valence-electron chi connectivity index (χ1n) is 6.20. The maximum Gasteiger partial charge on any atom is 0.232 e. The minimum Gasteiger partial charge on any atom is -0.325 e. The van der Waals surface area contributed by atoms with Crippen LogP contribution in [-0.4, -0.2) is 5.91 Å². The molecule has 1 N–H and O–H groups in total. The van der Waals surface area contributed by atoms with Gasteiger partial charge < -0.3 is 5.32 Å². The highest BCUT2D eigenvalue weighted by Gasteiger charge is 2.31. The molecule has 2 aromatic rings. The van der Waals surface area contributed by atoms with Crippen molar-refractivity contribution in [1.29, 1.82) is 0 Å². The topological polar surface area (TPSA) is 29.1 Å². The minimum absolute atomic E-state index is 0.0534. The van der Waals surface area contributed by atoms with E-state index >= 15 is 0 Å². The molecule has 0 bridgehead atoms. The zero-order valence-electron chi connectivity index (χ0n) is 10.3. The van der Waals surface area contributed by atoms with Gasteiger partial charge in [0.05, 0.1) is 5.92 Å². The number of fused-ring (bicyclic) bond motifs is 1. The second-order valence-electron chi connectivity index (χ2n) is 4.77. The number of carbonyl (C=O) groups is 1. The van der Waals surface area contributed by atoms with Crippen molar-refractivity contribution in [3.8, 4) is 0 Å². The van der Waals surface area contributed by atoms with E-state index < -0.39 is 0 Å². The Kier molecular flexibility index (Phi) is 2.63. The number of carbonyl (C=O) groups excluding carboxylic acids is 1. The van der Waals surface area contributed by atoms with E-state index in [4.69, 9.17) is 0 Å². The predicted molar refractivity (Wildman–Crippen MR) is 72.7 cm³/mol. The number of rotatable bonds is 2. The van der Waals surface area contributed by atoms with Gasteiger partial charge in [0.2, 0.25) is 5.91 Å². The summed E-state index contributed by atoms with van der Waals surface area (Å²) in [6.45, 7) is 2.03. The fourth-order valence-electron chi connectivity index (χ4n) is 2.56. The molecule has 90 valence electrons. The molecular weight excluding hydrogens is 222 g/mol. The highest BCUT2D eigenvalue weighted by atomic mass is 16.2. The second kappa shape index (κ2) is 4.30. The third-order valence-electron chi connectivity index (χ3n) is 3.53. The molecule has 0 spiro atoms. The Hall–Kier alpha value is -2.09. The van der Waals surface area contributed by atoms with Gasteiger partial charge in [-0.05, 0) is 30.0 Å². The van der Waals surface area contributed by atoms with Crippen LogP contribution >= 0.6 is 0 Å². The monoisotopic (exact) mass is 237 g/mol. The van der Waals surface area contributed by atoms with Crippen molar-refractivity contribution in [3.63, 3.8) is 0 Å². The second-order valence-corrected chi connectivity index (χ2v) is 4.77. The molecule has 0 saturated carbocycles. The smallest absolute Gasteiger partial charge is 0.232 e. The van der Waals surface area contributed by atoms with Gasteiger partial charge in [0.25, 0.3) is 0 Å². The first kappa shape index (κ1) is 11.0. The van der Waals surface area contributed by atoms with E-state index in [0.717, 1.165) is 23.2 Å². The summed E-state index contributed by atoms with van der Waals surface area (Å²) in [6.07, 6.45) is 0.767. The number of nitrogens with one attached hydrogen (secondary N) is 1. The van der Waals surface area contributed by atoms with Crippen LogP contribution in [0.1, 0.15) is 22.6 Å². The summed E-state index contributed by atoms with van der Waals surface area (Å²) in [5.74, 6) is 0.0606. The Morgan fingerprint density at radius 2 is 1.83 bits per heavy atom. The number of benzene rings is 2. The number of aryl methyl sites for hydroxylation is 1. The van der Waals surface area contributed by atoms with Crippen LogP contribution in [0.5, 0.6) is 0 Å². The van der Waals surface area contributed by atoms with Crippen molar-refractivity contribution in [2.24, 2.45) is 0 Å². The molecule has 2 aromatic carbocycles. The normalized spacial score (nSPS) is 17.4. The average Bonchev–Trinajstić information content (AvgIpc) is 2.70. The Labute approximate surface area is 107 Å². The van der Waals surface area contributed by atoms with E-state index in [2.05, 4.69) is 17.4 Å². The van der Waals surface area contributed by atoms with Crippen molar-refractivity contribution in [2.75, 3.05) is 5.32 Å². The van der Waals surface area contributed by atoms with Crippen LogP contribution in [0.15, 0.2) is 48.5 Å². The molecule has 0 radical (unpaired) electrons. The molecule has 3 rings (SSSR count). The third kappa shape index (κ3) is 1.80. The lowest BCUT2D eigenvalue weighted by atomic mass is 9.92. The third-order valence-corrected chi connectivity index (χ3v) is 3.53. The molecule has 18 heavy (non-hydrogen) atoms. The quantitative estimate of drug-likeness (QED) is 0.853. The van der Waals surface area contributed by atoms with Crippen LogP contribution < -0.4 is 5.32 Å². The highest BCUT2D eigenvalue weighted by molar-refractivity contribution is 6.03. The van der Waals surface area contributed by atoms with E-state index in [1.807, 2.05) is 43.3 Å². The first-order chi connectivity index (χ1) is 8.75. The van der Waals surface area contributed by atoms with E-state index in [1.165, 1.54) is 5.56 Å². The van der Waals surface area contributed by atoms with Gasteiger partial charge >= 0.3 is 0 Å². The SMILES string of the molecule is Cc1cccc2c1NC(=O)[C@@H]2Cc1ccccc1. The van der Waals surface area contributed by atoms with Gasteiger partial charge in [-0.25, -0.2) is 0 Å². The van der Waals surface area contributed by atoms with Gasteiger partial charge in [-0.2, -0.15) is 0 Å². The van der Waals surface area contributed by atoms with Gasteiger partial charge in [-0.1, -0.05) is 48.5 Å². The van der Waals surface area contributed by atoms with Crippen LogP contribution in [0, 0.1) is 6.92 Å². The zero-order valence-corrected chi connectivity index (χ0v) is 10.3. The number of hydrogen-bond acceptors (Lipinski definition) is 1. The predicted octanol–water partition coefficient (Wildman–Crippen LogP) is 3.27. The van der Waals surface area contributed by atoms with E-state index in [0.29, 0.717) is 0 Å². The van der Waals surface area contributed by atoms with Gasteiger partial charge in [-0.15, -0.1) is 0 Å². The fourth-order valence-corrected chi connectivity index (χ4v) is 2.56. The number of hydrogen-bond donors (Lipinski definition) is 1. The number of anilines is 1. The molecular formula is C16H15NO. The van der Waals surface area contributed by atoms with Crippen molar-refractivity contribution >= 4 is 11.6 Å². The van der Waals surface area contributed by atoms with Crippen LogP contribution in [-0.2, 0) is 11.2 Å². The van der Waals surface area contributed by atoms with Crippen LogP contribution in [0.2, 0.25) is 0 Å². The van der Waals surface area contributed by atoms with E-state index in [9.17, 15) is 4.79 Å². The molecule has 2 nitrogen and oxygen atoms in total. The number of para-hydroxylation sites is 1. The standard InChI is InChI=1S/C16H15NO/c1-11-6-5-9-13-14(16(18)17-15(11)13)10-12-7-3-2-4-8-12/h2-9,14H,10H2,1H3,(H,17,18)/t14-/m1/s1. The lowest BCUT2D eigenvalue weighted by Gasteiger charge is -2.09. The van der Waals surface area contributed by atoms with Crippen molar-refractivity contribution < 1.29 is 4.79 Å². The summed E-state index contributed by atoms with van der Waals surface area (Å²) >= 11 is 0.